The Bertz CT molecular complexity index is 759. The molecule has 0 fully saturated rings. The molecule has 0 aliphatic carbocycles. The molecule has 124 valence electrons. The summed E-state index contributed by atoms with van der Waals surface area (Å²) < 4.78 is 66.3. The fraction of sp³-hybridized carbons (Fsp3) is 0.143. The van der Waals surface area contributed by atoms with Gasteiger partial charge in [-0.05, 0) is 42.0 Å². The van der Waals surface area contributed by atoms with Crippen molar-refractivity contribution in [1.82, 2.24) is 4.72 Å². The first-order valence-electron chi connectivity index (χ1n) is 6.26. The molecule has 0 saturated carbocycles. The molecule has 0 atom stereocenters. The summed E-state index contributed by atoms with van der Waals surface area (Å²) in [7, 11) is -3.85. The highest BCUT2D eigenvalue weighted by Gasteiger charge is 2.31. The zero-order chi connectivity index (χ0) is 17.1. The Morgan fingerprint density at radius 2 is 1.57 bits per heavy atom. The van der Waals surface area contributed by atoms with Gasteiger partial charge in [-0.2, -0.15) is 0 Å². The Hall–Kier alpha value is -1.77. The topological polar surface area (TPSA) is 55.4 Å². The summed E-state index contributed by atoms with van der Waals surface area (Å²) in [6, 6.07) is 10.5. The van der Waals surface area contributed by atoms with E-state index >= 15 is 0 Å². The van der Waals surface area contributed by atoms with Crippen molar-refractivity contribution in [2.24, 2.45) is 0 Å². The predicted molar refractivity (Wildman–Crippen MR) is 78.6 cm³/mol. The number of sulfonamides is 1. The van der Waals surface area contributed by atoms with Crippen LogP contribution in [0.15, 0.2) is 53.4 Å². The molecule has 0 spiro atoms. The van der Waals surface area contributed by atoms with E-state index in [-0.39, 0.29) is 11.4 Å². The van der Waals surface area contributed by atoms with E-state index < -0.39 is 22.1 Å². The van der Waals surface area contributed by atoms with E-state index in [0.29, 0.717) is 10.6 Å². The van der Waals surface area contributed by atoms with E-state index in [1.165, 1.54) is 0 Å². The fourth-order valence-electron chi connectivity index (χ4n) is 1.68. The molecular weight excluding hydrogens is 355 g/mol. The van der Waals surface area contributed by atoms with E-state index in [1.54, 1.807) is 24.3 Å². The first-order valence-corrected chi connectivity index (χ1v) is 8.12. The summed E-state index contributed by atoms with van der Waals surface area (Å²) in [4.78, 5) is -0.166. The van der Waals surface area contributed by atoms with Gasteiger partial charge < -0.3 is 4.74 Å². The van der Waals surface area contributed by atoms with Crippen LogP contribution in [-0.2, 0) is 16.6 Å². The first-order chi connectivity index (χ1) is 10.7. The van der Waals surface area contributed by atoms with Gasteiger partial charge in [-0.15, -0.1) is 13.2 Å². The van der Waals surface area contributed by atoms with Gasteiger partial charge in [-0.25, -0.2) is 13.1 Å². The molecule has 2 aromatic rings. The fourth-order valence-corrected chi connectivity index (χ4v) is 2.83. The third-order valence-corrected chi connectivity index (χ3v) is 4.42. The van der Waals surface area contributed by atoms with Gasteiger partial charge in [0.2, 0.25) is 10.0 Å². The van der Waals surface area contributed by atoms with Gasteiger partial charge in [0.05, 0.1) is 4.90 Å². The molecule has 2 aromatic carbocycles. The van der Waals surface area contributed by atoms with Gasteiger partial charge in [0.15, 0.2) is 0 Å². The molecular formula is C14H11ClF3NO3S. The summed E-state index contributed by atoms with van der Waals surface area (Å²) in [5, 5.41) is 0.525. The van der Waals surface area contributed by atoms with Crippen molar-refractivity contribution in [3.63, 3.8) is 0 Å². The van der Waals surface area contributed by atoms with Crippen molar-refractivity contribution >= 4 is 21.6 Å². The Morgan fingerprint density at radius 3 is 2.09 bits per heavy atom. The van der Waals surface area contributed by atoms with Crippen molar-refractivity contribution in [1.29, 1.82) is 0 Å². The molecule has 0 aliphatic heterocycles. The average Bonchev–Trinajstić information content (AvgIpc) is 2.46. The lowest BCUT2D eigenvalue weighted by atomic mass is 10.2. The molecule has 0 saturated heterocycles. The minimum absolute atomic E-state index is 0.0281. The second kappa shape index (κ2) is 6.77. The molecule has 0 bridgehead atoms. The maximum Gasteiger partial charge on any atom is 0.573 e. The van der Waals surface area contributed by atoms with Crippen LogP contribution >= 0.6 is 11.6 Å². The number of rotatable bonds is 5. The van der Waals surface area contributed by atoms with Crippen molar-refractivity contribution in [2.75, 3.05) is 0 Å². The van der Waals surface area contributed by atoms with Gasteiger partial charge >= 0.3 is 6.36 Å². The van der Waals surface area contributed by atoms with Crippen molar-refractivity contribution in [3.8, 4) is 5.75 Å². The van der Waals surface area contributed by atoms with Crippen LogP contribution in [0.4, 0.5) is 13.2 Å². The first kappa shape index (κ1) is 17.6. The predicted octanol–water partition coefficient (Wildman–Crippen LogP) is 3.72. The van der Waals surface area contributed by atoms with Crippen molar-refractivity contribution < 1.29 is 26.3 Å². The lowest BCUT2D eigenvalue weighted by molar-refractivity contribution is -0.274. The summed E-state index contributed by atoms with van der Waals surface area (Å²) in [5.74, 6) is -0.492. The summed E-state index contributed by atoms with van der Waals surface area (Å²) in [5.41, 5.74) is 0.690. The molecule has 4 nitrogen and oxygen atoms in total. The maximum absolute atomic E-state index is 12.1. The molecule has 9 heteroatoms. The number of hydrogen-bond donors (Lipinski definition) is 1. The largest absolute Gasteiger partial charge is 0.573 e. The lowest BCUT2D eigenvalue weighted by Gasteiger charge is -2.10. The third kappa shape index (κ3) is 5.42. The van der Waals surface area contributed by atoms with Gasteiger partial charge in [0.1, 0.15) is 5.75 Å². The van der Waals surface area contributed by atoms with Crippen LogP contribution in [0, 0.1) is 0 Å². The zero-order valence-electron chi connectivity index (χ0n) is 11.5. The standard InChI is InChI=1S/C14H11ClF3NO3S/c15-11-3-1-10(2-4-11)9-19-23(20,21)13-7-5-12(6-8-13)22-14(16,17)18/h1-8,19H,9H2. The Labute approximate surface area is 135 Å². The van der Waals surface area contributed by atoms with Crippen LogP contribution in [0.3, 0.4) is 0 Å². The molecule has 0 aliphatic rings. The second-order valence-corrected chi connectivity index (χ2v) is 6.67. The van der Waals surface area contributed by atoms with E-state index in [0.717, 1.165) is 24.3 Å². The van der Waals surface area contributed by atoms with Crippen LogP contribution in [0.2, 0.25) is 5.02 Å². The number of hydrogen-bond acceptors (Lipinski definition) is 3. The molecule has 1 N–H and O–H groups in total. The maximum atomic E-state index is 12.1. The van der Waals surface area contributed by atoms with Crippen molar-refractivity contribution in [2.45, 2.75) is 17.8 Å². The van der Waals surface area contributed by atoms with E-state index in [1.807, 2.05) is 0 Å². The number of ether oxygens (including phenoxy) is 1. The van der Waals surface area contributed by atoms with E-state index in [9.17, 15) is 21.6 Å². The SMILES string of the molecule is O=S(=O)(NCc1ccc(Cl)cc1)c1ccc(OC(F)(F)F)cc1. The third-order valence-electron chi connectivity index (χ3n) is 2.75. The molecule has 0 unspecified atom stereocenters. The van der Waals surface area contributed by atoms with Gasteiger partial charge in [0, 0.05) is 11.6 Å². The smallest absolute Gasteiger partial charge is 0.406 e. The normalized spacial score (nSPS) is 12.2. The van der Waals surface area contributed by atoms with Gasteiger partial charge in [0.25, 0.3) is 0 Å². The van der Waals surface area contributed by atoms with Crippen LogP contribution in [-0.4, -0.2) is 14.8 Å². The molecule has 0 aromatic heterocycles. The summed E-state index contributed by atoms with van der Waals surface area (Å²) >= 11 is 5.73. The van der Waals surface area contributed by atoms with Crippen LogP contribution in [0.1, 0.15) is 5.56 Å². The highest BCUT2D eigenvalue weighted by Crippen LogP contribution is 2.23. The lowest BCUT2D eigenvalue weighted by Crippen LogP contribution is -2.23. The minimum Gasteiger partial charge on any atom is -0.406 e. The van der Waals surface area contributed by atoms with Gasteiger partial charge in [-0.1, -0.05) is 23.7 Å². The van der Waals surface area contributed by atoms with Crippen LogP contribution in [0.5, 0.6) is 5.75 Å². The highest BCUT2D eigenvalue weighted by atomic mass is 35.5. The van der Waals surface area contributed by atoms with Gasteiger partial charge in [-0.3, -0.25) is 0 Å². The second-order valence-electron chi connectivity index (χ2n) is 4.47. The van der Waals surface area contributed by atoms with Crippen LogP contribution in [0.25, 0.3) is 0 Å². The number of halogens is 4. The summed E-state index contributed by atoms with van der Waals surface area (Å²) in [6.07, 6.45) is -4.83. The Kier molecular flexibility index (Phi) is 5.18. The Morgan fingerprint density at radius 1 is 1.00 bits per heavy atom. The molecule has 0 amide bonds. The molecule has 0 radical (unpaired) electrons. The van der Waals surface area contributed by atoms with E-state index in [2.05, 4.69) is 9.46 Å². The summed E-state index contributed by atoms with van der Waals surface area (Å²) in [6.45, 7) is 0.0281. The highest BCUT2D eigenvalue weighted by molar-refractivity contribution is 7.89. The van der Waals surface area contributed by atoms with Crippen LogP contribution < -0.4 is 9.46 Å². The molecule has 23 heavy (non-hydrogen) atoms. The minimum atomic E-state index is -4.83. The quantitative estimate of drug-likeness (QED) is 0.878. The average molecular weight is 366 g/mol. The van der Waals surface area contributed by atoms with Crippen molar-refractivity contribution in [3.05, 3.63) is 59.1 Å². The number of nitrogens with one attached hydrogen (secondary N) is 1. The molecule has 0 heterocycles. The number of benzene rings is 2. The molecule has 2 rings (SSSR count). The monoisotopic (exact) mass is 365 g/mol. The Balaban J connectivity index is 2.05. The van der Waals surface area contributed by atoms with E-state index in [4.69, 9.17) is 11.6 Å². The zero-order valence-corrected chi connectivity index (χ0v) is 13.0. The number of alkyl halides is 3.